The third-order valence-corrected chi connectivity index (χ3v) is 2.65. The van der Waals surface area contributed by atoms with E-state index in [1.54, 1.807) is 24.5 Å². The molecule has 0 amide bonds. The van der Waals surface area contributed by atoms with E-state index in [4.69, 9.17) is 5.26 Å². The predicted octanol–water partition coefficient (Wildman–Crippen LogP) is 3.27. The van der Waals surface area contributed by atoms with Crippen LogP contribution >= 0.6 is 0 Å². The zero-order valence-electron chi connectivity index (χ0n) is 9.89. The molecule has 4 heteroatoms. The minimum absolute atomic E-state index is 0.0545. The molecule has 0 saturated heterocycles. The highest BCUT2D eigenvalue weighted by Gasteiger charge is 2.09. The summed E-state index contributed by atoms with van der Waals surface area (Å²) >= 11 is 0. The highest BCUT2D eigenvalue weighted by Crippen LogP contribution is 2.21. The lowest BCUT2D eigenvalue weighted by Crippen LogP contribution is -2.08. The number of benzene rings is 1. The van der Waals surface area contributed by atoms with Crippen molar-refractivity contribution in [3.8, 4) is 6.07 Å². The largest absolute Gasteiger partial charge is 0.376 e. The van der Waals surface area contributed by atoms with Gasteiger partial charge in [-0.2, -0.15) is 5.26 Å². The number of hydrogen-bond acceptors (Lipinski definition) is 3. The molecule has 1 atom stereocenters. The van der Waals surface area contributed by atoms with Crippen molar-refractivity contribution in [3.05, 3.63) is 59.7 Å². The number of hydrogen-bond donors (Lipinski definition) is 1. The van der Waals surface area contributed by atoms with E-state index in [1.807, 2.05) is 25.1 Å². The number of aromatic nitrogens is 1. The molecule has 1 aromatic carbocycles. The van der Waals surface area contributed by atoms with Crippen LogP contribution in [0.4, 0.5) is 10.1 Å². The highest BCUT2D eigenvalue weighted by atomic mass is 19.1. The fourth-order valence-electron chi connectivity index (χ4n) is 1.65. The Balaban J connectivity index is 2.18. The lowest BCUT2D eigenvalue weighted by molar-refractivity contribution is 0.627. The quantitative estimate of drug-likeness (QED) is 0.897. The Morgan fingerprint density at radius 1 is 1.39 bits per heavy atom. The number of nitrogens with zero attached hydrogens (tertiary/aromatic N) is 2. The van der Waals surface area contributed by atoms with Gasteiger partial charge in [0.25, 0.3) is 0 Å². The van der Waals surface area contributed by atoms with Gasteiger partial charge in [0.2, 0.25) is 0 Å². The van der Waals surface area contributed by atoms with Gasteiger partial charge in [-0.25, -0.2) is 4.39 Å². The first kappa shape index (κ1) is 12.1. The Hall–Kier alpha value is -2.41. The highest BCUT2D eigenvalue weighted by molar-refractivity contribution is 5.50. The van der Waals surface area contributed by atoms with Gasteiger partial charge in [0, 0.05) is 12.4 Å². The second-order valence-corrected chi connectivity index (χ2v) is 3.96. The van der Waals surface area contributed by atoms with Crippen molar-refractivity contribution in [1.29, 1.82) is 5.26 Å². The number of nitrogens with one attached hydrogen (secondary N) is 1. The third kappa shape index (κ3) is 2.64. The first-order chi connectivity index (χ1) is 8.70. The van der Waals surface area contributed by atoms with Crippen molar-refractivity contribution in [2.24, 2.45) is 0 Å². The fourth-order valence-corrected chi connectivity index (χ4v) is 1.65. The minimum atomic E-state index is -0.426. The van der Waals surface area contributed by atoms with Crippen molar-refractivity contribution >= 4 is 5.69 Å². The van der Waals surface area contributed by atoms with Gasteiger partial charge in [0.05, 0.1) is 23.4 Å². The molecule has 90 valence electrons. The van der Waals surface area contributed by atoms with E-state index in [9.17, 15) is 4.39 Å². The predicted molar refractivity (Wildman–Crippen MR) is 67.4 cm³/mol. The smallest absolute Gasteiger partial charge is 0.147 e. The van der Waals surface area contributed by atoms with E-state index in [0.29, 0.717) is 11.3 Å². The van der Waals surface area contributed by atoms with Gasteiger partial charge in [0.15, 0.2) is 0 Å². The Morgan fingerprint density at radius 3 is 2.83 bits per heavy atom. The van der Waals surface area contributed by atoms with Crippen LogP contribution in [0.2, 0.25) is 0 Å². The van der Waals surface area contributed by atoms with E-state index >= 15 is 0 Å². The van der Waals surface area contributed by atoms with E-state index in [0.717, 1.165) is 5.56 Å². The van der Waals surface area contributed by atoms with Crippen molar-refractivity contribution in [2.45, 2.75) is 13.0 Å². The van der Waals surface area contributed by atoms with Gasteiger partial charge in [-0.05, 0) is 36.8 Å². The molecule has 1 aromatic heterocycles. The van der Waals surface area contributed by atoms with Crippen LogP contribution in [0.15, 0.2) is 42.7 Å². The van der Waals surface area contributed by atoms with Gasteiger partial charge in [-0.15, -0.1) is 0 Å². The molecule has 1 unspecified atom stereocenters. The molecule has 1 N–H and O–H groups in total. The minimum Gasteiger partial charge on any atom is -0.376 e. The summed E-state index contributed by atoms with van der Waals surface area (Å²) in [6.07, 6.45) is 3.43. The van der Waals surface area contributed by atoms with Crippen molar-refractivity contribution < 1.29 is 4.39 Å². The molecule has 1 heterocycles. The molecule has 0 aliphatic heterocycles. The molecule has 2 aromatic rings. The summed E-state index contributed by atoms with van der Waals surface area (Å²) in [7, 11) is 0. The topological polar surface area (TPSA) is 48.7 Å². The summed E-state index contributed by atoms with van der Waals surface area (Å²) < 4.78 is 13.7. The third-order valence-electron chi connectivity index (χ3n) is 2.65. The van der Waals surface area contributed by atoms with Crippen LogP contribution in [0.1, 0.15) is 24.1 Å². The average molecular weight is 241 g/mol. The Kier molecular flexibility index (Phi) is 3.54. The summed E-state index contributed by atoms with van der Waals surface area (Å²) in [5, 5.41) is 11.7. The number of nitriles is 1. The normalized spacial score (nSPS) is 11.6. The van der Waals surface area contributed by atoms with Gasteiger partial charge < -0.3 is 5.32 Å². The van der Waals surface area contributed by atoms with Crippen molar-refractivity contribution in [1.82, 2.24) is 4.98 Å². The number of halogens is 1. The zero-order chi connectivity index (χ0) is 13.0. The van der Waals surface area contributed by atoms with Crippen LogP contribution < -0.4 is 5.32 Å². The van der Waals surface area contributed by atoms with Gasteiger partial charge in [-0.3, -0.25) is 4.98 Å². The van der Waals surface area contributed by atoms with Crippen LogP contribution in [0.3, 0.4) is 0 Å². The molecule has 0 spiro atoms. The lowest BCUT2D eigenvalue weighted by Gasteiger charge is -2.15. The van der Waals surface area contributed by atoms with Crippen LogP contribution in [0.25, 0.3) is 0 Å². The van der Waals surface area contributed by atoms with Gasteiger partial charge >= 0.3 is 0 Å². The van der Waals surface area contributed by atoms with Gasteiger partial charge in [0.1, 0.15) is 5.82 Å². The van der Waals surface area contributed by atoms with Crippen molar-refractivity contribution in [3.63, 3.8) is 0 Å². The summed E-state index contributed by atoms with van der Waals surface area (Å²) in [5.74, 6) is -0.426. The molecule has 3 nitrogen and oxygen atoms in total. The lowest BCUT2D eigenvalue weighted by atomic mass is 10.1. The zero-order valence-corrected chi connectivity index (χ0v) is 9.89. The van der Waals surface area contributed by atoms with E-state index in [-0.39, 0.29) is 6.04 Å². The molecule has 0 bridgehead atoms. The Labute approximate surface area is 105 Å². The monoisotopic (exact) mass is 241 g/mol. The molecular formula is C14H12FN3. The first-order valence-electron chi connectivity index (χ1n) is 5.57. The van der Waals surface area contributed by atoms with Crippen molar-refractivity contribution in [2.75, 3.05) is 5.32 Å². The first-order valence-corrected chi connectivity index (χ1v) is 5.57. The van der Waals surface area contributed by atoms with Gasteiger partial charge in [-0.1, -0.05) is 6.07 Å². The van der Waals surface area contributed by atoms with Crippen LogP contribution in [0, 0.1) is 17.1 Å². The maximum absolute atomic E-state index is 13.7. The molecule has 0 radical (unpaired) electrons. The Morgan fingerprint density at radius 2 is 2.22 bits per heavy atom. The molecule has 0 fully saturated rings. The van der Waals surface area contributed by atoms with E-state index < -0.39 is 5.82 Å². The maximum Gasteiger partial charge on any atom is 0.147 e. The van der Waals surface area contributed by atoms with E-state index in [2.05, 4.69) is 10.3 Å². The molecule has 0 aliphatic carbocycles. The van der Waals surface area contributed by atoms with Crippen LogP contribution in [0.5, 0.6) is 0 Å². The molecular weight excluding hydrogens is 229 g/mol. The standard InChI is InChI=1S/C14H12FN3/c1-10(12-3-2-6-17-9-12)18-14-5-4-11(8-16)7-13(14)15/h2-7,9-10,18H,1H3. The second kappa shape index (κ2) is 5.28. The average Bonchev–Trinajstić information content (AvgIpc) is 2.42. The molecule has 0 saturated carbocycles. The summed E-state index contributed by atoms with van der Waals surface area (Å²) in [6, 6.07) is 9.98. The number of rotatable bonds is 3. The molecule has 0 aliphatic rings. The fraction of sp³-hybridized carbons (Fsp3) is 0.143. The summed E-state index contributed by atoms with van der Waals surface area (Å²) in [6.45, 7) is 1.93. The maximum atomic E-state index is 13.7. The molecule has 2 rings (SSSR count). The summed E-state index contributed by atoms with van der Waals surface area (Å²) in [5.41, 5.74) is 1.67. The molecule has 18 heavy (non-hydrogen) atoms. The Bertz CT molecular complexity index is 575. The SMILES string of the molecule is CC(Nc1ccc(C#N)cc1F)c1cccnc1. The van der Waals surface area contributed by atoms with E-state index in [1.165, 1.54) is 6.07 Å². The number of anilines is 1. The summed E-state index contributed by atoms with van der Waals surface area (Å²) in [4.78, 5) is 4.02. The van der Waals surface area contributed by atoms with Crippen LogP contribution in [-0.4, -0.2) is 4.98 Å². The second-order valence-electron chi connectivity index (χ2n) is 3.96. The van der Waals surface area contributed by atoms with Crippen LogP contribution in [-0.2, 0) is 0 Å². The number of pyridine rings is 1.